The second kappa shape index (κ2) is 8.22. The molecule has 0 heterocycles. The van der Waals surface area contributed by atoms with Crippen LogP contribution in [0.25, 0.3) is 0 Å². The van der Waals surface area contributed by atoms with Gasteiger partial charge in [0.05, 0.1) is 20.8 Å². The molecule has 1 aromatic carbocycles. The van der Waals surface area contributed by atoms with Gasteiger partial charge in [-0.15, -0.1) is 6.58 Å². The number of esters is 1. The maximum atomic E-state index is 12.1. The molecule has 1 atom stereocenters. The summed E-state index contributed by atoms with van der Waals surface area (Å²) in [5.74, 6) is 0.886. The van der Waals surface area contributed by atoms with E-state index >= 15 is 0 Å². The second-order valence-electron chi connectivity index (χ2n) is 3.99. The standard InChI is InChI=1S/C15H21NO4/c1-5-9-16-14(15(17)20-6-2)12-10-11(18-3)7-8-13(12)19-4/h5,7-8,10,14,16H,1,6,9H2,2-4H3. The third-order valence-electron chi connectivity index (χ3n) is 2.74. The lowest BCUT2D eigenvalue weighted by Crippen LogP contribution is -2.30. The Kier molecular flexibility index (Phi) is 6.59. The zero-order chi connectivity index (χ0) is 15.0. The second-order valence-corrected chi connectivity index (χ2v) is 3.99. The van der Waals surface area contributed by atoms with Gasteiger partial charge in [0, 0.05) is 12.1 Å². The van der Waals surface area contributed by atoms with Gasteiger partial charge >= 0.3 is 5.97 Å². The average Bonchev–Trinajstić information content (AvgIpc) is 2.47. The van der Waals surface area contributed by atoms with E-state index < -0.39 is 6.04 Å². The van der Waals surface area contributed by atoms with Gasteiger partial charge < -0.3 is 14.2 Å². The summed E-state index contributed by atoms with van der Waals surface area (Å²) in [6.07, 6.45) is 1.68. The van der Waals surface area contributed by atoms with Crippen LogP contribution in [0.5, 0.6) is 11.5 Å². The quantitative estimate of drug-likeness (QED) is 0.583. The Morgan fingerprint density at radius 3 is 2.70 bits per heavy atom. The molecule has 0 aliphatic heterocycles. The monoisotopic (exact) mass is 279 g/mol. The van der Waals surface area contributed by atoms with Crippen LogP contribution >= 0.6 is 0 Å². The van der Waals surface area contributed by atoms with Gasteiger partial charge in [-0.2, -0.15) is 0 Å². The van der Waals surface area contributed by atoms with Gasteiger partial charge in [-0.25, -0.2) is 4.79 Å². The summed E-state index contributed by atoms with van der Waals surface area (Å²) >= 11 is 0. The van der Waals surface area contributed by atoms with Crippen molar-refractivity contribution in [2.75, 3.05) is 27.4 Å². The van der Waals surface area contributed by atoms with Crippen LogP contribution in [0.3, 0.4) is 0 Å². The summed E-state index contributed by atoms with van der Waals surface area (Å²) in [5, 5.41) is 3.07. The lowest BCUT2D eigenvalue weighted by molar-refractivity contribution is -0.145. The summed E-state index contributed by atoms with van der Waals surface area (Å²) in [6, 6.07) is 4.67. The Balaban J connectivity index is 3.15. The van der Waals surface area contributed by atoms with E-state index in [4.69, 9.17) is 14.2 Å². The Labute approximate surface area is 119 Å². The maximum absolute atomic E-state index is 12.1. The highest BCUT2D eigenvalue weighted by Crippen LogP contribution is 2.30. The summed E-state index contributed by atoms with van der Waals surface area (Å²) in [6.45, 7) is 6.20. The molecular weight excluding hydrogens is 258 g/mol. The van der Waals surface area contributed by atoms with Gasteiger partial charge in [-0.1, -0.05) is 6.08 Å². The molecule has 20 heavy (non-hydrogen) atoms. The number of rotatable bonds is 8. The van der Waals surface area contributed by atoms with Crippen molar-refractivity contribution in [3.63, 3.8) is 0 Å². The van der Waals surface area contributed by atoms with Crippen molar-refractivity contribution in [1.82, 2.24) is 5.32 Å². The Bertz CT molecular complexity index is 459. The van der Waals surface area contributed by atoms with Crippen LogP contribution in [0.1, 0.15) is 18.5 Å². The smallest absolute Gasteiger partial charge is 0.327 e. The molecule has 5 heteroatoms. The fourth-order valence-corrected chi connectivity index (χ4v) is 1.81. The minimum Gasteiger partial charge on any atom is -0.497 e. The molecule has 0 radical (unpaired) electrons. The molecule has 5 nitrogen and oxygen atoms in total. The zero-order valence-electron chi connectivity index (χ0n) is 12.1. The van der Waals surface area contributed by atoms with Crippen molar-refractivity contribution in [3.8, 4) is 11.5 Å². The molecular formula is C15H21NO4. The Morgan fingerprint density at radius 2 is 2.15 bits per heavy atom. The van der Waals surface area contributed by atoms with Crippen LogP contribution < -0.4 is 14.8 Å². The van der Waals surface area contributed by atoms with E-state index in [1.54, 1.807) is 45.4 Å². The molecule has 0 aromatic heterocycles. The number of nitrogens with one attached hydrogen (secondary N) is 1. The first-order valence-electron chi connectivity index (χ1n) is 6.40. The first-order valence-corrected chi connectivity index (χ1v) is 6.40. The van der Waals surface area contributed by atoms with Gasteiger partial charge in [-0.05, 0) is 25.1 Å². The Hall–Kier alpha value is -2.01. The molecule has 0 fully saturated rings. The summed E-state index contributed by atoms with van der Waals surface area (Å²) < 4.78 is 15.6. The molecule has 0 saturated carbocycles. The number of ether oxygens (including phenoxy) is 3. The van der Waals surface area contributed by atoms with Crippen LogP contribution in [0.15, 0.2) is 30.9 Å². The highest BCUT2D eigenvalue weighted by molar-refractivity contribution is 5.79. The van der Waals surface area contributed by atoms with Crippen molar-refractivity contribution >= 4 is 5.97 Å². The van der Waals surface area contributed by atoms with Gasteiger partial charge in [0.15, 0.2) is 0 Å². The maximum Gasteiger partial charge on any atom is 0.327 e. The predicted molar refractivity (Wildman–Crippen MR) is 77.1 cm³/mol. The Morgan fingerprint density at radius 1 is 1.40 bits per heavy atom. The topological polar surface area (TPSA) is 56.8 Å². The summed E-state index contributed by atoms with van der Waals surface area (Å²) in [7, 11) is 3.13. The van der Waals surface area contributed by atoms with Crippen molar-refractivity contribution in [1.29, 1.82) is 0 Å². The van der Waals surface area contributed by atoms with E-state index in [1.165, 1.54) is 0 Å². The highest BCUT2D eigenvalue weighted by Gasteiger charge is 2.25. The van der Waals surface area contributed by atoms with Crippen LogP contribution in [0.2, 0.25) is 0 Å². The molecule has 0 aliphatic rings. The number of hydrogen-bond acceptors (Lipinski definition) is 5. The lowest BCUT2D eigenvalue weighted by atomic mass is 10.0. The number of carbonyl (C=O) groups excluding carboxylic acids is 1. The number of methoxy groups -OCH3 is 2. The molecule has 1 N–H and O–H groups in total. The van der Waals surface area contributed by atoms with Crippen LogP contribution in [-0.2, 0) is 9.53 Å². The van der Waals surface area contributed by atoms with E-state index in [0.29, 0.717) is 30.2 Å². The fourth-order valence-electron chi connectivity index (χ4n) is 1.81. The van der Waals surface area contributed by atoms with Gasteiger partial charge in [0.25, 0.3) is 0 Å². The van der Waals surface area contributed by atoms with Gasteiger partial charge in [-0.3, -0.25) is 5.32 Å². The van der Waals surface area contributed by atoms with Crippen LogP contribution in [-0.4, -0.2) is 33.3 Å². The fraction of sp³-hybridized carbons (Fsp3) is 0.400. The van der Waals surface area contributed by atoms with E-state index in [2.05, 4.69) is 11.9 Å². The number of hydrogen-bond donors (Lipinski definition) is 1. The first-order chi connectivity index (χ1) is 9.67. The normalized spacial score (nSPS) is 11.6. The minimum atomic E-state index is -0.627. The summed E-state index contributed by atoms with van der Waals surface area (Å²) in [5.41, 5.74) is 0.673. The zero-order valence-corrected chi connectivity index (χ0v) is 12.1. The van der Waals surface area contributed by atoms with E-state index in [9.17, 15) is 4.79 Å². The third-order valence-corrected chi connectivity index (χ3v) is 2.74. The van der Waals surface area contributed by atoms with E-state index in [0.717, 1.165) is 0 Å². The molecule has 1 unspecified atom stereocenters. The molecule has 0 amide bonds. The van der Waals surface area contributed by atoms with Crippen molar-refractivity contribution in [2.45, 2.75) is 13.0 Å². The molecule has 0 saturated heterocycles. The first kappa shape index (κ1) is 16.0. The predicted octanol–water partition coefficient (Wildman–Crippen LogP) is 2.08. The molecule has 0 aliphatic carbocycles. The van der Waals surface area contributed by atoms with Crippen LogP contribution in [0, 0.1) is 0 Å². The molecule has 1 rings (SSSR count). The third kappa shape index (κ3) is 3.99. The SMILES string of the molecule is C=CCNC(C(=O)OCC)c1cc(OC)ccc1OC. The van der Waals surface area contributed by atoms with Crippen molar-refractivity contribution < 1.29 is 19.0 Å². The van der Waals surface area contributed by atoms with Crippen LogP contribution in [0.4, 0.5) is 0 Å². The van der Waals surface area contributed by atoms with Crippen molar-refractivity contribution in [3.05, 3.63) is 36.4 Å². The molecule has 0 bridgehead atoms. The highest BCUT2D eigenvalue weighted by atomic mass is 16.5. The van der Waals surface area contributed by atoms with Crippen molar-refractivity contribution in [2.24, 2.45) is 0 Å². The molecule has 1 aromatic rings. The van der Waals surface area contributed by atoms with Gasteiger partial charge in [0.1, 0.15) is 17.5 Å². The molecule has 0 spiro atoms. The minimum absolute atomic E-state index is 0.317. The van der Waals surface area contributed by atoms with E-state index in [-0.39, 0.29) is 5.97 Å². The average molecular weight is 279 g/mol. The largest absolute Gasteiger partial charge is 0.497 e. The summed E-state index contributed by atoms with van der Waals surface area (Å²) in [4.78, 5) is 12.1. The van der Waals surface area contributed by atoms with Gasteiger partial charge in [0.2, 0.25) is 0 Å². The van der Waals surface area contributed by atoms with E-state index in [1.807, 2.05) is 0 Å². The molecule has 110 valence electrons. The lowest BCUT2D eigenvalue weighted by Gasteiger charge is -2.20. The number of carbonyl (C=O) groups is 1. The number of benzene rings is 1.